The molecule has 2 heterocycles. The van der Waals surface area contributed by atoms with Gasteiger partial charge >= 0.3 is 0 Å². The number of ether oxygens (including phenoxy) is 2. The zero-order valence-corrected chi connectivity index (χ0v) is 11.3. The molecule has 5 heteroatoms. The molecule has 0 aromatic heterocycles. The fourth-order valence-corrected chi connectivity index (χ4v) is 2.92. The first-order chi connectivity index (χ1) is 9.71. The number of piperidine rings is 1. The lowest BCUT2D eigenvalue weighted by atomic mass is 10.0. The quantitative estimate of drug-likeness (QED) is 0.829. The van der Waals surface area contributed by atoms with Crippen molar-refractivity contribution < 1.29 is 13.9 Å². The van der Waals surface area contributed by atoms with Crippen LogP contribution in [0.25, 0.3) is 0 Å². The molecule has 3 rings (SSSR count). The number of nitrogens with zero attached hydrogens (tertiary/aromatic N) is 2. The molecule has 2 aliphatic heterocycles. The molecular weight excluding hydrogens is 259 g/mol. The highest BCUT2D eigenvalue weighted by Gasteiger charge is 2.40. The highest BCUT2D eigenvalue weighted by atomic mass is 19.1. The molecule has 1 aromatic rings. The van der Waals surface area contributed by atoms with Gasteiger partial charge in [0, 0.05) is 18.5 Å². The van der Waals surface area contributed by atoms with E-state index in [9.17, 15) is 4.39 Å². The Kier molecular flexibility index (Phi) is 3.70. The largest absolute Gasteiger partial charge is 0.346 e. The van der Waals surface area contributed by atoms with Crippen LogP contribution in [-0.2, 0) is 16.0 Å². The minimum absolute atomic E-state index is 0.322. The molecule has 0 atom stereocenters. The van der Waals surface area contributed by atoms with Crippen molar-refractivity contribution >= 4 is 0 Å². The number of hydrogen-bond donors (Lipinski definition) is 0. The molecule has 1 aromatic carbocycles. The minimum atomic E-state index is -0.485. The van der Waals surface area contributed by atoms with E-state index in [1.54, 1.807) is 12.1 Å². The van der Waals surface area contributed by atoms with Crippen LogP contribution in [0.2, 0.25) is 0 Å². The van der Waals surface area contributed by atoms with Gasteiger partial charge < -0.3 is 9.47 Å². The highest BCUT2D eigenvalue weighted by Crippen LogP contribution is 2.30. The summed E-state index contributed by atoms with van der Waals surface area (Å²) in [5.41, 5.74) is 0.961. The normalized spacial score (nSPS) is 22.0. The molecule has 0 aliphatic carbocycles. The Morgan fingerprint density at radius 3 is 2.85 bits per heavy atom. The lowest BCUT2D eigenvalue weighted by molar-refractivity contribution is -0.190. The highest BCUT2D eigenvalue weighted by molar-refractivity contribution is 5.32. The van der Waals surface area contributed by atoms with Gasteiger partial charge in [0.05, 0.1) is 31.4 Å². The van der Waals surface area contributed by atoms with E-state index < -0.39 is 5.79 Å². The lowest BCUT2D eigenvalue weighted by Crippen LogP contribution is -2.48. The Balaban J connectivity index is 1.70. The van der Waals surface area contributed by atoms with Gasteiger partial charge in [-0.1, -0.05) is 6.07 Å². The van der Waals surface area contributed by atoms with Crippen molar-refractivity contribution in [3.8, 4) is 6.07 Å². The van der Waals surface area contributed by atoms with E-state index in [0.717, 1.165) is 19.4 Å². The van der Waals surface area contributed by atoms with Crippen molar-refractivity contribution in [3.63, 3.8) is 0 Å². The summed E-state index contributed by atoms with van der Waals surface area (Å²) in [6.07, 6.45) is 1.89. The van der Waals surface area contributed by atoms with Crippen molar-refractivity contribution in [2.75, 3.05) is 26.3 Å². The van der Waals surface area contributed by atoms with Gasteiger partial charge in [0.2, 0.25) is 0 Å². The Morgan fingerprint density at radius 2 is 2.15 bits per heavy atom. The van der Waals surface area contributed by atoms with Gasteiger partial charge in [-0.25, -0.2) is 4.39 Å². The van der Waals surface area contributed by atoms with Gasteiger partial charge in [0.1, 0.15) is 5.82 Å². The summed E-state index contributed by atoms with van der Waals surface area (Å²) < 4.78 is 25.4. The van der Waals surface area contributed by atoms with Crippen LogP contribution >= 0.6 is 0 Å². The van der Waals surface area contributed by atoms with Gasteiger partial charge in [0.25, 0.3) is 0 Å². The van der Waals surface area contributed by atoms with Crippen molar-refractivity contribution in [1.29, 1.82) is 5.26 Å². The standard InChI is InChI=1S/C15H17FN2O2/c16-14-8-12(9-17)2-3-13(14)10-18-5-1-4-15(11-18)19-6-7-20-15/h2-3,8H,1,4-7,10-11H2. The molecular formula is C15H17FN2O2. The molecule has 0 unspecified atom stereocenters. The molecule has 1 spiro atoms. The van der Waals surface area contributed by atoms with E-state index in [0.29, 0.717) is 37.4 Å². The van der Waals surface area contributed by atoms with Gasteiger partial charge in [-0.2, -0.15) is 5.26 Å². The summed E-state index contributed by atoms with van der Waals surface area (Å²) in [5.74, 6) is -0.807. The first-order valence-corrected chi connectivity index (χ1v) is 6.90. The Hall–Kier alpha value is -1.48. The third-order valence-corrected chi connectivity index (χ3v) is 3.89. The average molecular weight is 276 g/mol. The van der Waals surface area contributed by atoms with Crippen LogP contribution in [0.4, 0.5) is 4.39 Å². The molecule has 4 nitrogen and oxygen atoms in total. The molecule has 2 fully saturated rings. The van der Waals surface area contributed by atoms with Crippen molar-refractivity contribution in [3.05, 3.63) is 35.1 Å². The van der Waals surface area contributed by atoms with E-state index in [1.807, 2.05) is 6.07 Å². The van der Waals surface area contributed by atoms with Crippen LogP contribution in [0.3, 0.4) is 0 Å². The summed E-state index contributed by atoms with van der Waals surface area (Å²) in [5, 5.41) is 8.75. The van der Waals surface area contributed by atoms with Gasteiger partial charge in [-0.05, 0) is 25.1 Å². The monoisotopic (exact) mass is 276 g/mol. The number of nitriles is 1. The SMILES string of the molecule is N#Cc1ccc(CN2CCCC3(C2)OCCO3)c(F)c1. The molecule has 0 radical (unpaired) electrons. The summed E-state index contributed by atoms with van der Waals surface area (Å²) >= 11 is 0. The number of halogens is 1. The van der Waals surface area contributed by atoms with Gasteiger partial charge in [-0.3, -0.25) is 4.90 Å². The Bertz CT molecular complexity index is 535. The second-order valence-electron chi connectivity index (χ2n) is 5.34. The predicted molar refractivity (Wildman–Crippen MR) is 70.3 cm³/mol. The van der Waals surface area contributed by atoms with Crippen LogP contribution in [0, 0.1) is 17.1 Å². The Labute approximate surface area is 117 Å². The van der Waals surface area contributed by atoms with Crippen LogP contribution in [0.1, 0.15) is 24.0 Å². The lowest BCUT2D eigenvalue weighted by Gasteiger charge is -2.38. The van der Waals surface area contributed by atoms with E-state index in [1.165, 1.54) is 6.07 Å². The maximum atomic E-state index is 13.9. The molecule has 0 saturated carbocycles. The van der Waals surface area contributed by atoms with Gasteiger partial charge in [-0.15, -0.1) is 0 Å². The van der Waals surface area contributed by atoms with Gasteiger partial charge in [0.15, 0.2) is 5.79 Å². The van der Waals surface area contributed by atoms with E-state index in [4.69, 9.17) is 14.7 Å². The molecule has 2 saturated heterocycles. The van der Waals surface area contributed by atoms with Crippen LogP contribution in [-0.4, -0.2) is 37.0 Å². The van der Waals surface area contributed by atoms with Crippen LogP contribution in [0.5, 0.6) is 0 Å². The summed E-state index contributed by atoms with van der Waals surface area (Å²) in [6.45, 7) is 3.38. The second kappa shape index (κ2) is 5.49. The molecule has 0 amide bonds. The number of rotatable bonds is 2. The molecule has 0 N–H and O–H groups in total. The number of likely N-dealkylation sites (tertiary alicyclic amines) is 1. The number of benzene rings is 1. The summed E-state index contributed by atoms with van der Waals surface area (Å²) in [4.78, 5) is 2.15. The first kappa shape index (κ1) is 13.5. The van der Waals surface area contributed by atoms with Crippen LogP contribution < -0.4 is 0 Å². The Morgan fingerprint density at radius 1 is 1.35 bits per heavy atom. The zero-order chi connectivity index (χ0) is 14.0. The fraction of sp³-hybridized carbons (Fsp3) is 0.533. The maximum Gasteiger partial charge on any atom is 0.181 e. The maximum absolute atomic E-state index is 13.9. The molecule has 2 aliphatic rings. The van der Waals surface area contributed by atoms with Crippen LogP contribution in [0.15, 0.2) is 18.2 Å². The van der Waals surface area contributed by atoms with Crippen molar-refractivity contribution in [1.82, 2.24) is 4.90 Å². The minimum Gasteiger partial charge on any atom is -0.346 e. The van der Waals surface area contributed by atoms with E-state index in [2.05, 4.69) is 4.90 Å². The average Bonchev–Trinajstić information content (AvgIpc) is 2.89. The molecule has 20 heavy (non-hydrogen) atoms. The summed E-state index contributed by atoms with van der Waals surface area (Å²) in [6, 6.07) is 6.57. The molecule has 106 valence electrons. The smallest absolute Gasteiger partial charge is 0.181 e. The number of hydrogen-bond acceptors (Lipinski definition) is 4. The van der Waals surface area contributed by atoms with E-state index >= 15 is 0 Å². The van der Waals surface area contributed by atoms with Crippen molar-refractivity contribution in [2.24, 2.45) is 0 Å². The summed E-state index contributed by atoms with van der Waals surface area (Å²) in [7, 11) is 0. The third kappa shape index (κ3) is 2.68. The molecule has 0 bridgehead atoms. The predicted octanol–water partition coefficient (Wildman–Crippen LogP) is 2.04. The second-order valence-corrected chi connectivity index (χ2v) is 5.34. The van der Waals surface area contributed by atoms with Crippen molar-refractivity contribution in [2.45, 2.75) is 25.2 Å². The zero-order valence-electron chi connectivity index (χ0n) is 11.3. The van der Waals surface area contributed by atoms with E-state index in [-0.39, 0.29) is 5.82 Å². The third-order valence-electron chi connectivity index (χ3n) is 3.89. The fourth-order valence-electron chi connectivity index (χ4n) is 2.92. The topological polar surface area (TPSA) is 45.5 Å². The first-order valence-electron chi connectivity index (χ1n) is 6.90.